The minimum Gasteiger partial charge on any atom is -0.430 e. The Morgan fingerprint density at radius 2 is 2.19 bits per heavy atom. The van der Waals surface area contributed by atoms with E-state index in [-0.39, 0.29) is 0 Å². The highest BCUT2D eigenvalue weighted by Gasteiger charge is 2.07. The molecule has 0 bridgehead atoms. The summed E-state index contributed by atoms with van der Waals surface area (Å²) >= 11 is 1.26. The number of aryl methyl sites for hydroxylation is 1. The lowest BCUT2D eigenvalue weighted by Gasteiger charge is -2.05. The molecule has 0 amide bonds. The van der Waals surface area contributed by atoms with Gasteiger partial charge in [-0.05, 0) is 6.07 Å². The number of ether oxygens (including phenoxy) is 1. The predicted octanol–water partition coefficient (Wildman–Crippen LogP) is 2.35. The van der Waals surface area contributed by atoms with E-state index in [1.54, 1.807) is 0 Å². The number of benzene rings is 1. The standard InChI is InChI=1S/C11H13N3OS/c1-2-10-13-11(16-14-10)15-9-6-4-3-5-8(9)7-12/h3-6H,2,7,12H2,1H3. The summed E-state index contributed by atoms with van der Waals surface area (Å²) < 4.78 is 9.81. The van der Waals surface area contributed by atoms with Crippen LogP contribution in [0, 0.1) is 0 Å². The number of para-hydroxylation sites is 1. The molecule has 0 saturated heterocycles. The van der Waals surface area contributed by atoms with Gasteiger partial charge in [-0.25, -0.2) is 0 Å². The second-order valence-corrected chi connectivity index (χ2v) is 3.96. The van der Waals surface area contributed by atoms with Crippen molar-refractivity contribution in [3.05, 3.63) is 35.7 Å². The molecule has 0 atom stereocenters. The van der Waals surface area contributed by atoms with Crippen LogP contribution in [0.2, 0.25) is 0 Å². The largest absolute Gasteiger partial charge is 0.430 e. The minimum atomic E-state index is 0.454. The van der Waals surface area contributed by atoms with Crippen LogP contribution in [0.15, 0.2) is 24.3 Å². The Kier molecular flexibility index (Phi) is 3.48. The summed E-state index contributed by atoms with van der Waals surface area (Å²) in [5.41, 5.74) is 6.59. The summed E-state index contributed by atoms with van der Waals surface area (Å²) in [7, 11) is 0. The maximum absolute atomic E-state index is 5.65. The first-order valence-electron chi connectivity index (χ1n) is 5.12. The predicted molar refractivity (Wildman–Crippen MR) is 63.7 cm³/mol. The molecular weight excluding hydrogens is 222 g/mol. The highest BCUT2D eigenvalue weighted by Crippen LogP contribution is 2.26. The summed E-state index contributed by atoms with van der Waals surface area (Å²) in [5.74, 6) is 1.56. The van der Waals surface area contributed by atoms with E-state index in [2.05, 4.69) is 9.36 Å². The maximum Gasteiger partial charge on any atom is 0.298 e. The highest BCUT2D eigenvalue weighted by atomic mass is 32.1. The average molecular weight is 235 g/mol. The molecular formula is C11H13N3OS. The van der Waals surface area contributed by atoms with E-state index in [4.69, 9.17) is 10.5 Å². The molecule has 0 fully saturated rings. The van der Waals surface area contributed by atoms with E-state index in [1.165, 1.54) is 11.5 Å². The number of aromatic nitrogens is 2. The second kappa shape index (κ2) is 5.05. The van der Waals surface area contributed by atoms with E-state index in [0.717, 1.165) is 23.6 Å². The quantitative estimate of drug-likeness (QED) is 0.883. The Balaban J connectivity index is 2.19. The zero-order chi connectivity index (χ0) is 11.4. The number of rotatable bonds is 4. The molecule has 0 aliphatic heterocycles. The van der Waals surface area contributed by atoms with Crippen molar-refractivity contribution in [1.82, 2.24) is 9.36 Å². The zero-order valence-corrected chi connectivity index (χ0v) is 9.83. The molecule has 0 radical (unpaired) electrons. The number of nitrogens with zero attached hydrogens (tertiary/aromatic N) is 2. The van der Waals surface area contributed by atoms with Crippen LogP contribution in [-0.2, 0) is 13.0 Å². The van der Waals surface area contributed by atoms with E-state index < -0.39 is 0 Å². The van der Waals surface area contributed by atoms with Crippen LogP contribution in [0.1, 0.15) is 18.3 Å². The van der Waals surface area contributed by atoms with Crippen molar-refractivity contribution in [1.29, 1.82) is 0 Å². The molecule has 16 heavy (non-hydrogen) atoms. The fourth-order valence-electron chi connectivity index (χ4n) is 1.29. The third-order valence-electron chi connectivity index (χ3n) is 2.16. The summed E-state index contributed by atoms with van der Waals surface area (Å²) in [5, 5.41) is 0.567. The molecule has 4 nitrogen and oxygen atoms in total. The van der Waals surface area contributed by atoms with Crippen LogP contribution < -0.4 is 10.5 Å². The maximum atomic E-state index is 5.65. The molecule has 0 saturated carbocycles. The van der Waals surface area contributed by atoms with E-state index in [1.807, 2.05) is 31.2 Å². The van der Waals surface area contributed by atoms with Crippen molar-refractivity contribution >= 4 is 11.5 Å². The molecule has 0 aliphatic carbocycles. The monoisotopic (exact) mass is 235 g/mol. The van der Waals surface area contributed by atoms with Gasteiger partial charge in [0.1, 0.15) is 11.6 Å². The van der Waals surface area contributed by atoms with Gasteiger partial charge in [0.05, 0.1) is 0 Å². The Bertz CT molecular complexity index is 470. The molecule has 1 aromatic heterocycles. The van der Waals surface area contributed by atoms with Crippen LogP contribution in [0.25, 0.3) is 0 Å². The van der Waals surface area contributed by atoms with Crippen LogP contribution in [0.3, 0.4) is 0 Å². The first-order chi connectivity index (χ1) is 7.83. The van der Waals surface area contributed by atoms with Gasteiger partial charge in [0, 0.05) is 30.1 Å². The van der Waals surface area contributed by atoms with Gasteiger partial charge in [-0.2, -0.15) is 9.36 Å². The summed E-state index contributed by atoms with van der Waals surface area (Å²) in [4.78, 5) is 4.24. The lowest BCUT2D eigenvalue weighted by atomic mass is 10.2. The molecule has 2 aromatic rings. The molecule has 0 spiro atoms. The molecule has 0 aliphatic rings. The third kappa shape index (κ3) is 2.37. The first kappa shape index (κ1) is 11.0. The normalized spacial score (nSPS) is 10.4. The average Bonchev–Trinajstić information content (AvgIpc) is 2.77. The van der Waals surface area contributed by atoms with Crippen molar-refractivity contribution in [2.75, 3.05) is 0 Å². The first-order valence-corrected chi connectivity index (χ1v) is 5.89. The zero-order valence-electron chi connectivity index (χ0n) is 9.01. The van der Waals surface area contributed by atoms with Crippen molar-refractivity contribution in [3.63, 3.8) is 0 Å². The summed E-state index contributed by atoms with van der Waals surface area (Å²) in [6.45, 7) is 2.47. The second-order valence-electron chi connectivity index (χ2n) is 3.24. The lowest BCUT2D eigenvalue weighted by Crippen LogP contribution is -1.98. The van der Waals surface area contributed by atoms with Gasteiger partial charge in [-0.3, -0.25) is 0 Å². The SMILES string of the molecule is CCc1nsc(Oc2ccccc2CN)n1. The molecule has 1 heterocycles. The van der Waals surface area contributed by atoms with Gasteiger partial charge < -0.3 is 10.5 Å². The van der Waals surface area contributed by atoms with Crippen LogP contribution in [0.5, 0.6) is 10.9 Å². The fourth-order valence-corrected chi connectivity index (χ4v) is 1.92. The van der Waals surface area contributed by atoms with Gasteiger partial charge in [0.25, 0.3) is 5.19 Å². The number of nitrogens with two attached hydrogens (primary N) is 1. The Labute approximate surface area is 98.3 Å². The van der Waals surface area contributed by atoms with Gasteiger partial charge >= 0.3 is 0 Å². The lowest BCUT2D eigenvalue weighted by molar-refractivity contribution is 0.471. The van der Waals surface area contributed by atoms with Crippen molar-refractivity contribution in [2.24, 2.45) is 5.73 Å². The molecule has 2 rings (SSSR count). The van der Waals surface area contributed by atoms with Crippen LogP contribution in [-0.4, -0.2) is 9.36 Å². The van der Waals surface area contributed by atoms with Gasteiger partial charge in [0.2, 0.25) is 0 Å². The molecule has 0 unspecified atom stereocenters. The van der Waals surface area contributed by atoms with E-state index >= 15 is 0 Å². The minimum absolute atomic E-state index is 0.454. The Hall–Kier alpha value is -1.46. The van der Waals surface area contributed by atoms with Gasteiger partial charge in [0.15, 0.2) is 0 Å². The Morgan fingerprint density at radius 1 is 1.38 bits per heavy atom. The molecule has 2 N–H and O–H groups in total. The number of hydrogen-bond donors (Lipinski definition) is 1. The van der Waals surface area contributed by atoms with Crippen LogP contribution in [0.4, 0.5) is 0 Å². The van der Waals surface area contributed by atoms with Gasteiger partial charge in [-0.15, -0.1) is 0 Å². The molecule has 1 aromatic carbocycles. The summed E-state index contributed by atoms with van der Waals surface area (Å²) in [6, 6.07) is 7.68. The van der Waals surface area contributed by atoms with Crippen molar-refractivity contribution < 1.29 is 4.74 Å². The Morgan fingerprint density at radius 3 is 2.88 bits per heavy atom. The van der Waals surface area contributed by atoms with Crippen molar-refractivity contribution in [2.45, 2.75) is 19.9 Å². The van der Waals surface area contributed by atoms with Crippen molar-refractivity contribution in [3.8, 4) is 10.9 Å². The molecule has 84 valence electrons. The molecule has 5 heteroatoms. The van der Waals surface area contributed by atoms with E-state index in [9.17, 15) is 0 Å². The summed E-state index contributed by atoms with van der Waals surface area (Å²) in [6.07, 6.45) is 0.818. The number of hydrogen-bond acceptors (Lipinski definition) is 5. The van der Waals surface area contributed by atoms with Crippen LogP contribution >= 0.6 is 11.5 Å². The van der Waals surface area contributed by atoms with Gasteiger partial charge in [-0.1, -0.05) is 25.1 Å². The third-order valence-corrected chi connectivity index (χ3v) is 2.79. The highest BCUT2D eigenvalue weighted by molar-refractivity contribution is 7.07. The fraction of sp³-hybridized carbons (Fsp3) is 0.273. The smallest absolute Gasteiger partial charge is 0.298 e. The topological polar surface area (TPSA) is 61.0 Å². The van der Waals surface area contributed by atoms with E-state index in [0.29, 0.717) is 11.7 Å².